The third-order valence-corrected chi connectivity index (χ3v) is 25.9. The largest absolute Gasteiger partial charge is 0.350 e. The lowest BCUT2D eigenvalue weighted by atomic mass is 9.83. The van der Waals surface area contributed by atoms with Crippen molar-refractivity contribution in [2.24, 2.45) is 17.8 Å². The number of halogens is 9. The van der Waals surface area contributed by atoms with Gasteiger partial charge in [0.25, 0.3) is 5.91 Å². The first-order chi connectivity index (χ1) is 56.6. The molecule has 0 saturated carbocycles. The minimum absolute atomic E-state index is 0.00475. The summed E-state index contributed by atoms with van der Waals surface area (Å²) in [5.41, 5.74) is 6.98. The molecule has 1 aromatic heterocycles. The highest BCUT2D eigenvalue weighted by Gasteiger charge is 2.49. The van der Waals surface area contributed by atoms with Gasteiger partial charge in [-0.15, -0.1) is 0 Å². The number of hydrogen-bond acceptors (Lipinski definition) is 11. The van der Waals surface area contributed by atoms with Crippen LogP contribution in [0.2, 0.25) is 10.0 Å². The SMILES string of the molecule is CC(=O)N[C@@H](C)c1cc(F)ccc1C1CCN(C(=O)C2CN(C(C)(C)C)C[C@H]2c2ccc(F)cc2F)CC1.CC[C@H](NC(C)=O)c1cc(Cl)ccc1C1CCN(C(=O)C2CN(C(C)(C)C)C[C@H]2c2ccc(F)cc2F)CC1.C[C@H](NC(=O)c1cncnc1)c1cc(Cl)ccc1C1CCN(C(=O)C2CN(C(C)(C)C)C[C@H]2c2ccc(F)cc2F)CC1. The van der Waals surface area contributed by atoms with Crippen molar-refractivity contribution >= 4 is 58.6 Å². The Morgan fingerprint density at radius 3 is 1.03 bits per heavy atom. The van der Waals surface area contributed by atoms with E-state index in [1.165, 1.54) is 81.1 Å². The molecule has 6 aliphatic heterocycles. The Kier molecular flexibility index (Phi) is 30.0. The topological polar surface area (TPSA) is 184 Å². The second kappa shape index (κ2) is 39.1. The lowest BCUT2D eigenvalue weighted by molar-refractivity contribution is -0.137. The first-order valence-electron chi connectivity index (χ1n) is 42.1. The summed E-state index contributed by atoms with van der Waals surface area (Å²) in [5.74, 6) is -6.24. The molecule has 13 rings (SSSR count). The molecule has 6 fully saturated rings. The predicted molar refractivity (Wildman–Crippen MR) is 454 cm³/mol. The maximum absolute atomic E-state index is 14.9. The molecule has 0 spiro atoms. The number of nitrogens with zero attached hydrogens (tertiary/aromatic N) is 8. The molecule has 6 amide bonds. The Balaban J connectivity index is 0.000000176. The van der Waals surface area contributed by atoms with Crippen molar-refractivity contribution in [2.75, 3.05) is 78.5 Å². The van der Waals surface area contributed by atoms with E-state index in [9.17, 15) is 59.5 Å². The van der Waals surface area contributed by atoms with Crippen molar-refractivity contribution < 1.29 is 59.5 Å². The standard InChI is InChI=1S/C33H38ClF2N5O2.C31H40ClF2N3O2.C30H38F3N3O2/c1-20(39-31(42)22-15-37-19-38-16-22)27-13-23(34)5-7-25(27)21-9-11-40(12-10-21)32(43)29-18-41(33(2,3)4)17-28(29)26-8-6-24(35)14-30(26)36;1-6-29(35-19(2)38)25-15-21(32)7-9-23(25)20-11-13-36(14-12-20)30(39)27-18-37(31(3,4)5)17-26(27)24-10-8-22(33)16-28(24)34;1-18(34-19(2)37)25-14-21(31)6-8-23(25)20-10-12-35(13-11-20)29(38)27-17-36(30(3,4)5)16-26(27)24-9-7-22(32)15-28(24)33/h5-8,13-16,19-21,28-29H,9-12,17-18H2,1-4H3,(H,39,42);7-10,15-16,20,26-27,29H,6,11-14,17-18H2,1-5H3,(H,35,38);6-9,14-15,18,20,26-27H,10-13,16-17H2,1-5H3,(H,34,37)/t20-,28-,29?;26-,27?,29-;18-,26-,27?/m000/s1. The molecule has 3 N–H and O–H groups in total. The molecule has 0 bridgehead atoms. The summed E-state index contributed by atoms with van der Waals surface area (Å²) in [6.07, 6.45) is 9.58. The Bertz CT molecular complexity index is 4810. The molecule has 26 heteroatoms. The summed E-state index contributed by atoms with van der Waals surface area (Å²) in [7, 11) is 0. The maximum Gasteiger partial charge on any atom is 0.254 e. The highest BCUT2D eigenvalue weighted by atomic mass is 35.5. The van der Waals surface area contributed by atoms with E-state index in [0.29, 0.717) is 124 Å². The third kappa shape index (κ3) is 22.3. The van der Waals surface area contributed by atoms with Crippen LogP contribution in [0, 0.1) is 58.5 Å². The van der Waals surface area contributed by atoms with Gasteiger partial charge in [-0.3, -0.25) is 43.5 Å². The van der Waals surface area contributed by atoms with Crippen LogP contribution < -0.4 is 16.0 Å². The number of likely N-dealkylation sites (tertiary alicyclic amines) is 6. The fourth-order valence-corrected chi connectivity index (χ4v) is 19.1. The van der Waals surface area contributed by atoms with Crippen LogP contribution in [0.5, 0.6) is 0 Å². The van der Waals surface area contributed by atoms with Crippen LogP contribution in [-0.2, 0) is 24.0 Å². The van der Waals surface area contributed by atoms with E-state index in [-0.39, 0.29) is 112 Å². The van der Waals surface area contributed by atoms with Gasteiger partial charge in [0.2, 0.25) is 29.5 Å². The number of carbonyl (C=O) groups is 6. The summed E-state index contributed by atoms with van der Waals surface area (Å²) in [5, 5.41) is 10.1. The molecule has 6 aromatic carbocycles. The van der Waals surface area contributed by atoms with E-state index >= 15 is 0 Å². The van der Waals surface area contributed by atoms with Gasteiger partial charge >= 0.3 is 0 Å². The van der Waals surface area contributed by atoms with Gasteiger partial charge in [-0.25, -0.2) is 40.7 Å². The zero-order valence-electron chi connectivity index (χ0n) is 71.4. The molecule has 6 saturated heterocycles. The van der Waals surface area contributed by atoms with Gasteiger partial charge in [-0.05, 0) is 244 Å². The van der Waals surface area contributed by atoms with Crippen molar-refractivity contribution in [3.8, 4) is 0 Å². The Hall–Kier alpha value is -8.81. The van der Waals surface area contributed by atoms with E-state index in [4.69, 9.17) is 23.2 Å². The van der Waals surface area contributed by atoms with E-state index in [2.05, 4.69) is 109 Å². The Morgan fingerprint density at radius 2 is 0.708 bits per heavy atom. The minimum Gasteiger partial charge on any atom is -0.350 e. The fraction of sp³-hybridized carbons (Fsp3) is 0.511. The van der Waals surface area contributed by atoms with Crippen molar-refractivity contribution in [1.82, 2.24) is 55.3 Å². The smallest absolute Gasteiger partial charge is 0.254 e. The third-order valence-electron chi connectivity index (χ3n) is 25.4. The van der Waals surface area contributed by atoms with Crippen LogP contribution in [-0.4, -0.2) is 170 Å². The molecule has 7 heterocycles. The summed E-state index contributed by atoms with van der Waals surface area (Å²) >= 11 is 12.7. The van der Waals surface area contributed by atoms with Crippen LogP contribution in [0.4, 0.5) is 30.7 Å². The Labute approximate surface area is 712 Å². The summed E-state index contributed by atoms with van der Waals surface area (Å²) in [6, 6.07) is 26.6. The van der Waals surface area contributed by atoms with Crippen molar-refractivity contribution in [2.45, 2.75) is 212 Å². The van der Waals surface area contributed by atoms with Gasteiger partial charge in [-0.2, -0.15) is 0 Å². The monoisotopic (exact) mass is 1700 g/mol. The van der Waals surface area contributed by atoms with Crippen molar-refractivity contribution in [3.05, 3.63) is 234 Å². The average Bonchev–Trinajstić information content (AvgIpc) is 1.65. The number of piperidine rings is 3. The number of benzene rings is 6. The predicted octanol–water partition coefficient (Wildman–Crippen LogP) is 18.1. The average molecular weight is 1700 g/mol. The first-order valence-corrected chi connectivity index (χ1v) is 42.9. The highest BCUT2D eigenvalue weighted by Crippen LogP contribution is 2.46. The number of aromatic nitrogens is 2. The molecule has 0 radical (unpaired) electrons. The van der Waals surface area contributed by atoms with E-state index < -0.39 is 52.7 Å². The summed E-state index contributed by atoms with van der Waals surface area (Å²) in [6.45, 7) is 34.1. The number of carbonyl (C=O) groups excluding carboxylic acids is 6. The maximum atomic E-state index is 14.9. The molecule has 17 nitrogen and oxygen atoms in total. The first kappa shape index (κ1) is 91.9. The summed E-state index contributed by atoms with van der Waals surface area (Å²) < 4.78 is 99.7. The highest BCUT2D eigenvalue weighted by molar-refractivity contribution is 6.31. The second-order valence-corrected chi connectivity index (χ2v) is 37.3. The normalized spacial score (nSPS) is 21.4. The van der Waals surface area contributed by atoms with Crippen LogP contribution in [0.1, 0.15) is 256 Å². The molecule has 0 aliphatic carbocycles. The lowest BCUT2D eigenvalue weighted by Crippen LogP contribution is -2.44. The van der Waals surface area contributed by atoms with Gasteiger partial charge in [0.15, 0.2) is 0 Å². The van der Waals surface area contributed by atoms with Crippen molar-refractivity contribution in [3.63, 3.8) is 0 Å². The quantitative estimate of drug-likeness (QED) is 0.0738. The van der Waals surface area contributed by atoms with Crippen LogP contribution in [0.3, 0.4) is 0 Å². The van der Waals surface area contributed by atoms with Gasteiger partial charge < -0.3 is 30.7 Å². The lowest BCUT2D eigenvalue weighted by Gasteiger charge is -2.36. The van der Waals surface area contributed by atoms with Crippen LogP contribution in [0.15, 0.2) is 128 Å². The second-order valence-electron chi connectivity index (χ2n) is 36.4. The van der Waals surface area contributed by atoms with Gasteiger partial charge in [0.05, 0.1) is 41.4 Å². The van der Waals surface area contributed by atoms with E-state index in [0.717, 1.165) is 83.7 Å². The molecule has 6 aliphatic rings. The van der Waals surface area contributed by atoms with E-state index in [1.54, 1.807) is 6.07 Å². The van der Waals surface area contributed by atoms with Gasteiger partial charge in [0, 0.05) is 167 Å². The minimum atomic E-state index is -0.630. The number of rotatable bonds is 17. The molecule has 3 unspecified atom stereocenters. The van der Waals surface area contributed by atoms with E-state index in [1.807, 2.05) is 65.8 Å². The zero-order chi connectivity index (χ0) is 87.1. The molecular weight excluding hydrogens is 1580 g/mol. The van der Waals surface area contributed by atoms with Crippen LogP contribution >= 0.6 is 23.2 Å². The molecule has 7 aromatic rings. The fourth-order valence-electron chi connectivity index (χ4n) is 18.7. The summed E-state index contributed by atoms with van der Waals surface area (Å²) in [4.78, 5) is 98.1. The zero-order valence-corrected chi connectivity index (χ0v) is 72.9. The van der Waals surface area contributed by atoms with Gasteiger partial charge in [0.1, 0.15) is 47.0 Å². The van der Waals surface area contributed by atoms with Crippen molar-refractivity contribution in [1.29, 1.82) is 0 Å². The molecule has 9 atom stereocenters. The Morgan fingerprint density at radius 1 is 0.408 bits per heavy atom. The molecular formula is C94H116Cl2F7N11O6. The number of nitrogens with one attached hydrogen (secondary N) is 3. The van der Waals surface area contributed by atoms with Gasteiger partial charge in [-0.1, -0.05) is 66.5 Å². The molecule has 646 valence electrons. The number of hydrogen-bond donors (Lipinski definition) is 3. The number of amides is 6. The molecule has 120 heavy (non-hydrogen) atoms. The van der Waals surface area contributed by atoms with Crippen LogP contribution in [0.25, 0.3) is 0 Å².